The molecule has 0 saturated carbocycles. The highest BCUT2D eigenvalue weighted by Gasteiger charge is 2.43. The van der Waals surface area contributed by atoms with Gasteiger partial charge in [-0.05, 0) is 200 Å². The molecule has 4 fully saturated rings. The van der Waals surface area contributed by atoms with Gasteiger partial charge >= 0.3 is 6.03 Å². The van der Waals surface area contributed by atoms with Crippen molar-refractivity contribution in [2.24, 2.45) is 0 Å². The number of methoxy groups -OCH3 is 4. The van der Waals surface area contributed by atoms with Gasteiger partial charge in [-0.25, -0.2) is 61.0 Å². The van der Waals surface area contributed by atoms with Crippen LogP contribution in [-0.2, 0) is 59.9 Å². The number of nitrogens with zero attached hydrogens (tertiary/aromatic N) is 9. The zero-order valence-corrected chi connectivity index (χ0v) is 78.0. The van der Waals surface area contributed by atoms with Gasteiger partial charge in [0.1, 0.15) is 68.6 Å². The van der Waals surface area contributed by atoms with Crippen LogP contribution >= 0.6 is 11.6 Å². The molecule has 9 aromatic carbocycles. The Kier molecular flexibility index (Phi) is 27.8. The molecule has 8 amide bonds. The smallest absolute Gasteiger partial charge is 0.322 e. The highest BCUT2D eigenvalue weighted by atomic mass is 35.5. The van der Waals surface area contributed by atoms with Gasteiger partial charge in [-0.15, -0.1) is 0 Å². The molecule has 0 bridgehead atoms. The summed E-state index contributed by atoms with van der Waals surface area (Å²) >= 11 is 6.21. The van der Waals surface area contributed by atoms with E-state index in [1.54, 1.807) is 61.5 Å². The number of fused-ring (bicyclic) bond motifs is 3. The van der Waals surface area contributed by atoms with Gasteiger partial charge in [-0.2, -0.15) is 0 Å². The Morgan fingerprint density at radius 1 is 0.401 bits per heavy atom. The second-order valence-corrected chi connectivity index (χ2v) is 37.2. The van der Waals surface area contributed by atoms with Crippen LogP contribution in [0.1, 0.15) is 191 Å². The number of nitrogen functional groups attached to an aromatic ring is 2. The first-order valence-electron chi connectivity index (χ1n) is 44.1. The number of ether oxygens (including phenoxy) is 4. The number of aromatic nitrogens is 6. The summed E-state index contributed by atoms with van der Waals surface area (Å²) in [5, 5.41) is 14.5. The Morgan fingerprint density at radius 2 is 0.759 bits per heavy atom. The van der Waals surface area contributed by atoms with Crippen LogP contribution in [-0.4, -0.2) is 138 Å². The minimum atomic E-state index is -0.810. The number of hydrogen-bond acceptors (Lipinski definition) is 19. The number of benzene rings is 9. The highest BCUT2D eigenvalue weighted by Crippen LogP contribution is 2.41. The number of anilines is 3. The summed E-state index contributed by atoms with van der Waals surface area (Å²) in [5.74, 6) is -3.78. The lowest BCUT2D eigenvalue weighted by molar-refractivity contribution is -0.121. The van der Waals surface area contributed by atoms with Crippen LogP contribution < -0.4 is 61.9 Å². The third-order valence-electron chi connectivity index (χ3n) is 24.4. The third kappa shape index (κ3) is 21.5. The van der Waals surface area contributed by atoms with Gasteiger partial charge in [-0.3, -0.25) is 33.7 Å². The molecule has 9 N–H and O–H groups in total. The van der Waals surface area contributed by atoms with E-state index in [9.17, 15) is 59.9 Å². The second kappa shape index (κ2) is 39.5. The molecule has 34 heteroatoms. The Morgan fingerprint density at radius 3 is 1.12 bits per heavy atom. The van der Waals surface area contributed by atoms with E-state index in [1.165, 1.54) is 30.2 Å². The molecule has 7 aliphatic rings. The van der Waals surface area contributed by atoms with Crippen molar-refractivity contribution in [3.05, 3.63) is 312 Å². The van der Waals surface area contributed by atoms with Crippen LogP contribution in [0.2, 0.25) is 5.15 Å². The zero-order chi connectivity index (χ0) is 98.0. The Bertz CT molecular complexity index is 6580. The number of halogens is 7. The van der Waals surface area contributed by atoms with E-state index in [0.717, 1.165) is 105 Å². The first-order valence-corrected chi connectivity index (χ1v) is 44.5. The second-order valence-electron chi connectivity index (χ2n) is 36.8. The Balaban J connectivity index is 0.000000137. The van der Waals surface area contributed by atoms with Crippen LogP contribution in [0.4, 0.5) is 48.2 Å². The number of urea groups is 1. The summed E-state index contributed by atoms with van der Waals surface area (Å²) in [6.45, 7) is 17.5. The Hall–Kier alpha value is -15.0. The van der Waals surface area contributed by atoms with Gasteiger partial charge in [0.25, 0.3) is 17.7 Å². The maximum Gasteiger partial charge on any atom is 0.322 e. The van der Waals surface area contributed by atoms with Crippen molar-refractivity contribution in [1.82, 2.24) is 66.3 Å². The first-order chi connectivity index (χ1) is 65.2. The molecule has 27 nitrogen and oxygen atoms in total. The summed E-state index contributed by atoms with van der Waals surface area (Å²) in [6.07, 6.45) is 2.88. The molecular weight excluding hydrogens is 1790 g/mol. The predicted octanol–water partition coefficient (Wildman–Crippen LogP) is 16.7. The quantitative estimate of drug-likeness (QED) is 0.0225. The van der Waals surface area contributed by atoms with Gasteiger partial charge in [0.05, 0.1) is 147 Å². The molecule has 0 aliphatic carbocycles. The topological polar surface area (TPSA) is 356 Å². The van der Waals surface area contributed by atoms with E-state index < -0.39 is 34.9 Å². The minimum Gasteiger partial charge on any atom is -0.497 e. The fourth-order valence-electron chi connectivity index (χ4n) is 17.7. The number of hydrogen-bond donors (Lipinski definition) is 7. The Labute approximate surface area is 791 Å². The van der Waals surface area contributed by atoms with E-state index in [2.05, 4.69) is 56.5 Å². The number of amides is 8. The summed E-state index contributed by atoms with van der Waals surface area (Å²) in [7, 11) is 6.17. The molecule has 3 aromatic heterocycles. The molecule has 137 heavy (non-hydrogen) atoms. The third-order valence-corrected chi connectivity index (χ3v) is 24.7. The van der Waals surface area contributed by atoms with Gasteiger partial charge in [0.15, 0.2) is 17.5 Å². The lowest BCUT2D eigenvalue weighted by atomic mass is 9.90. The maximum absolute atomic E-state index is 14.9. The van der Waals surface area contributed by atoms with Gasteiger partial charge < -0.3 is 66.8 Å². The van der Waals surface area contributed by atoms with Crippen LogP contribution in [0.25, 0.3) is 34.2 Å². The van der Waals surface area contributed by atoms with Crippen molar-refractivity contribution in [1.29, 1.82) is 0 Å². The van der Waals surface area contributed by atoms with Crippen molar-refractivity contribution < 1.29 is 78.9 Å². The lowest BCUT2D eigenvalue weighted by Crippen LogP contribution is -2.36. The van der Waals surface area contributed by atoms with Crippen molar-refractivity contribution in [3.63, 3.8) is 0 Å². The fraction of sp³-hybridized carbons (Fsp3) is 0.291. The molecule has 0 radical (unpaired) electrons. The van der Waals surface area contributed by atoms with Gasteiger partial charge in [0.2, 0.25) is 17.7 Å². The first kappa shape index (κ1) is 96.6. The SMILES string of the molecule is CC1(C)CC(c2ccc(N)cc2)C(=O)N1.CC1(C)C[C@H](c2ccc(Cc3nc(-c4c(F)cccc4F)nc4c3C(=O)NC4)cc2)C(=O)N1.CC1(C)C[C@H](c2ccc(N)cc2)C(=O)N1.COc1ccc(CN2Cc3nc(-c4c(F)cccc4F)nc(Cc4ccc(N5CC(C)(C)NC5=O)cc4)c3C2=O)c(OC)c1.COc1ccc(CN2Cc3nc(-c4c(F)cccc4F)nc(Cl)c3C2=O)c(OC)c1. The minimum absolute atomic E-state index is 0.00889. The number of carbonyl (C=O) groups excluding carboxylic acids is 7. The van der Waals surface area contributed by atoms with Crippen molar-refractivity contribution >= 4 is 70.1 Å². The van der Waals surface area contributed by atoms with E-state index in [4.69, 9.17) is 42.0 Å². The number of carbonyl (C=O) groups is 7. The molecule has 19 rings (SSSR count). The monoisotopic (exact) mass is 1890 g/mol. The van der Waals surface area contributed by atoms with Crippen molar-refractivity contribution in [2.75, 3.05) is 51.4 Å². The van der Waals surface area contributed by atoms with Crippen molar-refractivity contribution in [2.45, 2.75) is 160 Å². The van der Waals surface area contributed by atoms with Crippen LogP contribution in [0, 0.1) is 34.9 Å². The van der Waals surface area contributed by atoms with Gasteiger partial charge in [-0.1, -0.05) is 90.5 Å². The number of rotatable bonds is 19. The maximum atomic E-state index is 14.9. The lowest BCUT2D eigenvalue weighted by Gasteiger charge is -2.18. The van der Waals surface area contributed by atoms with E-state index in [-0.39, 0.29) is 172 Å². The summed E-state index contributed by atoms with van der Waals surface area (Å²) in [5.41, 5.74) is 20.4. The average Bonchev–Trinajstić information content (AvgIpc) is 1.60. The van der Waals surface area contributed by atoms with Crippen LogP contribution in [0.3, 0.4) is 0 Å². The molecule has 1 unspecified atom stereocenters. The molecule has 4 saturated heterocycles. The molecule has 10 heterocycles. The molecule has 12 aromatic rings. The molecule has 7 aliphatic heterocycles. The molecule has 708 valence electrons. The summed E-state index contributed by atoms with van der Waals surface area (Å²) < 4.78 is 108. The van der Waals surface area contributed by atoms with Crippen molar-refractivity contribution in [3.8, 4) is 57.2 Å². The average molecular weight is 1890 g/mol. The number of nitrogens with two attached hydrogens (primary N) is 2. The van der Waals surface area contributed by atoms with Crippen LogP contribution in [0.15, 0.2) is 188 Å². The predicted molar refractivity (Wildman–Crippen MR) is 503 cm³/mol. The van der Waals surface area contributed by atoms with Gasteiger partial charge in [0, 0.05) is 69.8 Å². The zero-order valence-electron chi connectivity index (χ0n) is 77.2. The normalized spacial score (nSPS) is 17.5. The fourth-order valence-corrected chi connectivity index (χ4v) is 18.0. The van der Waals surface area contributed by atoms with Crippen LogP contribution in [0.5, 0.6) is 23.0 Å². The molecular formula is C103H101ClF6N16O11. The largest absolute Gasteiger partial charge is 0.497 e. The molecule has 0 spiro atoms. The van der Waals surface area contributed by atoms with E-state index in [0.29, 0.717) is 75.6 Å². The summed E-state index contributed by atoms with van der Waals surface area (Å²) in [6, 6.07) is 51.1. The van der Waals surface area contributed by atoms with E-state index >= 15 is 0 Å². The summed E-state index contributed by atoms with van der Waals surface area (Å²) in [4.78, 5) is 118. The molecule has 3 atom stereocenters. The standard InChI is InChI=1S/C33H31F2N5O4.C25H22F2N4O2.C21H16ClF2N3O3.2C12H16N2O/c1-33(2)18-40(32(42)38-33)21-11-8-19(9-12-21)14-25-29-26(37-30(36-25)28-23(34)6-5-7-24(28)35)17-39(31(29)41)16-20-10-13-22(43-3)15-27(20)44-4;1-25(2)11-15(23(32)31-25)14-8-6-13(7-9-14)10-18-21-19(12-28-24(21)33)30-22(29-18)20-16(26)4-3-5-17(20)27;1-29-12-7-6-11(16(8-12)30-2)9-27-10-15-18(21(27)28)19(22)26-20(25-15)17-13(23)4-3-5-14(17)24;2*1-12(2)7-10(11(15)14-12)8-3-5-9(13)6-4-8/h5-13,15H,14,16-18H2,1-4H3,(H,38,42);3-9,15H,10-12H2,1-2H3,(H,28,33)(H,31,32);3-8H,9-10H2,1-2H3;2*3-6,10H,7,13H2,1-2H3,(H,14,15)/t;15-;;10-;/m.1.1./s1. The number of nitrogens with one attached hydrogen (secondary N) is 5. The highest BCUT2D eigenvalue weighted by molar-refractivity contribution is 6.33. The van der Waals surface area contributed by atoms with E-state index in [1.807, 2.05) is 159 Å².